The van der Waals surface area contributed by atoms with Crippen LogP contribution in [0, 0.1) is 0 Å². The molecule has 0 radical (unpaired) electrons. The first-order chi connectivity index (χ1) is 8.76. The van der Waals surface area contributed by atoms with Crippen molar-refractivity contribution in [1.29, 1.82) is 0 Å². The Morgan fingerprint density at radius 1 is 1.53 bits per heavy atom. The molecule has 0 aromatic carbocycles. The molecule has 0 spiro atoms. The summed E-state index contributed by atoms with van der Waals surface area (Å²) in [6.07, 6.45) is 3.30. The minimum atomic E-state index is -3.03. The summed E-state index contributed by atoms with van der Waals surface area (Å²) in [5, 5.41) is 14.3. The Labute approximate surface area is 113 Å². The largest absolute Gasteiger partial charge is 0.384 e. The standard InChI is InChI=1S/C13H18N2O3S/c1-13(2,16)12-7-10(3-5-14-12)8-15-11-4-6-19(17,18)9-11/h3-7,11,15-16H,8-9H2,1-2H3/t11-/m0/s1. The van der Waals surface area contributed by atoms with Crippen molar-refractivity contribution in [2.45, 2.75) is 32.0 Å². The maximum absolute atomic E-state index is 11.3. The van der Waals surface area contributed by atoms with Gasteiger partial charge in [0.15, 0.2) is 9.84 Å². The van der Waals surface area contributed by atoms with Gasteiger partial charge in [0.25, 0.3) is 0 Å². The number of aliphatic hydroxyl groups is 1. The molecule has 5 nitrogen and oxygen atoms in total. The van der Waals surface area contributed by atoms with Gasteiger partial charge in [-0.3, -0.25) is 4.98 Å². The summed E-state index contributed by atoms with van der Waals surface area (Å²) in [5.41, 5.74) is 0.582. The molecule has 104 valence electrons. The summed E-state index contributed by atoms with van der Waals surface area (Å²) < 4.78 is 22.5. The first kappa shape index (κ1) is 14.2. The molecule has 0 unspecified atom stereocenters. The average Bonchev–Trinajstić information content (AvgIpc) is 2.66. The predicted octanol–water partition coefficient (Wildman–Crippen LogP) is 0.709. The molecule has 1 aromatic heterocycles. The highest BCUT2D eigenvalue weighted by molar-refractivity contribution is 7.94. The van der Waals surface area contributed by atoms with E-state index in [0.29, 0.717) is 12.2 Å². The van der Waals surface area contributed by atoms with Crippen LogP contribution in [0.4, 0.5) is 0 Å². The monoisotopic (exact) mass is 282 g/mol. The Kier molecular flexibility index (Phi) is 3.75. The van der Waals surface area contributed by atoms with E-state index in [-0.39, 0.29) is 11.8 Å². The van der Waals surface area contributed by atoms with Crippen molar-refractivity contribution in [3.63, 3.8) is 0 Å². The van der Waals surface area contributed by atoms with Crippen LogP contribution in [0.15, 0.2) is 29.8 Å². The van der Waals surface area contributed by atoms with Crippen LogP contribution in [0.25, 0.3) is 0 Å². The van der Waals surface area contributed by atoms with E-state index in [1.807, 2.05) is 12.1 Å². The molecule has 19 heavy (non-hydrogen) atoms. The number of hydrogen-bond acceptors (Lipinski definition) is 5. The fourth-order valence-corrected chi connectivity index (χ4v) is 3.14. The fourth-order valence-electron chi connectivity index (χ4n) is 1.87. The maximum atomic E-state index is 11.3. The van der Waals surface area contributed by atoms with Crippen LogP contribution in [0.3, 0.4) is 0 Å². The van der Waals surface area contributed by atoms with E-state index in [1.165, 1.54) is 5.41 Å². The number of rotatable bonds is 4. The number of nitrogens with one attached hydrogen (secondary N) is 1. The molecule has 2 N–H and O–H groups in total. The molecule has 0 saturated heterocycles. The Balaban J connectivity index is 1.99. The quantitative estimate of drug-likeness (QED) is 0.850. The highest BCUT2D eigenvalue weighted by Crippen LogP contribution is 2.18. The van der Waals surface area contributed by atoms with Gasteiger partial charge in [0, 0.05) is 24.2 Å². The number of aromatic nitrogens is 1. The lowest BCUT2D eigenvalue weighted by molar-refractivity contribution is 0.0737. The van der Waals surface area contributed by atoms with Crippen molar-refractivity contribution in [3.8, 4) is 0 Å². The van der Waals surface area contributed by atoms with Crippen LogP contribution in [-0.4, -0.2) is 30.3 Å². The number of nitrogens with zero attached hydrogens (tertiary/aromatic N) is 1. The van der Waals surface area contributed by atoms with Crippen LogP contribution in [-0.2, 0) is 22.0 Å². The Bertz CT molecular complexity index is 588. The van der Waals surface area contributed by atoms with Gasteiger partial charge in [-0.05, 0) is 31.5 Å². The smallest absolute Gasteiger partial charge is 0.173 e. The highest BCUT2D eigenvalue weighted by Gasteiger charge is 2.21. The Hall–Kier alpha value is -1.24. The third-order valence-corrected chi connectivity index (χ3v) is 4.35. The topological polar surface area (TPSA) is 79.3 Å². The van der Waals surface area contributed by atoms with E-state index < -0.39 is 15.4 Å². The van der Waals surface area contributed by atoms with Crippen molar-refractivity contribution < 1.29 is 13.5 Å². The van der Waals surface area contributed by atoms with Gasteiger partial charge in [-0.2, -0.15) is 0 Å². The van der Waals surface area contributed by atoms with Crippen LogP contribution in [0.1, 0.15) is 25.1 Å². The lowest BCUT2D eigenvalue weighted by atomic mass is 10.0. The number of sulfone groups is 1. The van der Waals surface area contributed by atoms with Crippen LogP contribution in [0.5, 0.6) is 0 Å². The first-order valence-electron chi connectivity index (χ1n) is 6.08. The molecule has 6 heteroatoms. The van der Waals surface area contributed by atoms with E-state index in [0.717, 1.165) is 5.56 Å². The lowest BCUT2D eigenvalue weighted by Crippen LogP contribution is -2.29. The van der Waals surface area contributed by atoms with Gasteiger partial charge < -0.3 is 10.4 Å². The van der Waals surface area contributed by atoms with Crippen LogP contribution >= 0.6 is 0 Å². The third kappa shape index (κ3) is 3.86. The van der Waals surface area contributed by atoms with Gasteiger partial charge in [0.05, 0.1) is 11.4 Å². The minimum absolute atomic E-state index is 0.108. The van der Waals surface area contributed by atoms with Gasteiger partial charge in [-0.15, -0.1) is 0 Å². The van der Waals surface area contributed by atoms with Gasteiger partial charge in [0.1, 0.15) is 5.60 Å². The normalized spacial score (nSPS) is 21.7. The molecular weight excluding hydrogens is 264 g/mol. The highest BCUT2D eigenvalue weighted by atomic mass is 32.2. The van der Waals surface area contributed by atoms with Crippen molar-refractivity contribution in [1.82, 2.24) is 10.3 Å². The SMILES string of the molecule is CC(C)(O)c1cc(CN[C@H]2C=CS(=O)(=O)C2)ccn1. The van der Waals surface area contributed by atoms with E-state index in [9.17, 15) is 13.5 Å². The average molecular weight is 282 g/mol. The molecule has 1 aliphatic rings. The fraction of sp³-hybridized carbons (Fsp3) is 0.462. The number of pyridine rings is 1. The first-order valence-corrected chi connectivity index (χ1v) is 7.80. The summed E-state index contributed by atoms with van der Waals surface area (Å²) >= 11 is 0. The van der Waals surface area contributed by atoms with Gasteiger partial charge in [0.2, 0.25) is 0 Å². The minimum Gasteiger partial charge on any atom is -0.384 e. The lowest BCUT2D eigenvalue weighted by Gasteiger charge is -2.17. The predicted molar refractivity (Wildman–Crippen MR) is 73.0 cm³/mol. The molecule has 2 rings (SSSR count). The van der Waals surface area contributed by atoms with E-state index in [2.05, 4.69) is 10.3 Å². The van der Waals surface area contributed by atoms with E-state index >= 15 is 0 Å². The van der Waals surface area contributed by atoms with E-state index in [1.54, 1.807) is 26.1 Å². The van der Waals surface area contributed by atoms with Crippen molar-refractivity contribution in [3.05, 3.63) is 41.1 Å². The van der Waals surface area contributed by atoms with Gasteiger partial charge in [-0.1, -0.05) is 6.08 Å². The summed E-state index contributed by atoms with van der Waals surface area (Å²) in [5.74, 6) is 0.108. The molecule has 1 aliphatic heterocycles. The summed E-state index contributed by atoms with van der Waals surface area (Å²) in [7, 11) is -3.03. The molecule has 0 amide bonds. The molecule has 1 atom stereocenters. The van der Waals surface area contributed by atoms with Crippen LogP contribution in [0.2, 0.25) is 0 Å². The number of hydrogen-bond donors (Lipinski definition) is 2. The summed E-state index contributed by atoms with van der Waals surface area (Å²) in [4.78, 5) is 4.13. The second-order valence-electron chi connectivity index (χ2n) is 5.25. The molecule has 0 aliphatic carbocycles. The molecule has 0 fully saturated rings. The van der Waals surface area contributed by atoms with E-state index in [4.69, 9.17) is 0 Å². The molecule has 2 heterocycles. The van der Waals surface area contributed by atoms with Gasteiger partial charge in [-0.25, -0.2) is 8.42 Å². The second-order valence-corrected chi connectivity index (χ2v) is 7.19. The molecule has 1 aromatic rings. The van der Waals surface area contributed by atoms with Gasteiger partial charge >= 0.3 is 0 Å². The van der Waals surface area contributed by atoms with Crippen LogP contribution < -0.4 is 5.32 Å². The molecular formula is C13H18N2O3S. The Morgan fingerprint density at radius 2 is 2.26 bits per heavy atom. The summed E-state index contributed by atoms with van der Waals surface area (Å²) in [6, 6.07) is 3.51. The second kappa shape index (κ2) is 5.03. The Morgan fingerprint density at radius 3 is 2.84 bits per heavy atom. The maximum Gasteiger partial charge on any atom is 0.173 e. The van der Waals surface area contributed by atoms with Crippen molar-refractivity contribution in [2.75, 3.05) is 5.75 Å². The third-order valence-electron chi connectivity index (χ3n) is 2.95. The zero-order valence-corrected chi connectivity index (χ0v) is 11.8. The zero-order valence-electron chi connectivity index (χ0n) is 11.0. The summed E-state index contributed by atoms with van der Waals surface area (Å²) in [6.45, 7) is 3.90. The molecule has 0 saturated carbocycles. The van der Waals surface area contributed by atoms with Crippen molar-refractivity contribution >= 4 is 9.84 Å². The zero-order chi connectivity index (χ0) is 14.1. The van der Waals surface area contributed by atoms with Crippen molar-refractivity contribution in [2.24, 2.45) is 0 Å². The molecule has 0 bridgehead atoms.